The van der Waals surface area contributed by atoms with Crippen LogP contribution >= 0.6 is 0 Å². The number of piperazine rings is 1. The molecule has 0 radical (unpaired) electrons. The van der Waals surface area contributed by atoms with Gasteiger partial charge in [0.2, 0.25) is 5.91 Å². The van der Waals surface area contributed by atoms with Crippen molar-refractivity contribution in [2.75, 3.05) is 26.2 Å². The van der Waals surface area contributed by atoms with Crippen molar-refractivity contribution in [2.45, 2.75) is 32.9 Å². The number of rotatable bonds is 5. The van der Waals surface area contributed by atoms with Gasteiger partial charge in [0.1, 0.15) is 5.82 Å². The van der Waals surface area contributed by atoms with Gasteiger partial charge in [-0.05, 0) is 23.6 Å². The van der Waals surface area contributed by atoms with E-state index in [2.05, 4.69) is 11.8 Å². The summed E-state index contributed by atoms with van der Waals surface area (Å²) in [4.78, 5) is 16.4. The molecule has 2 N–H and O–H groups in total. The largest absolute Gasteiger partial charge is 0.339 e. The average molecular weight is 307 g/mol. The number of carbonyl (C=O) groups is 1. The molecule has 1 fully saturated rings. The van der Waals surface area contributed by atoms with E-state index in [9.17, 15) is 9.18 Å². The molecule has 22 heavy (non-hydrogen) atoms. The van der Waals surface area contributed by atoms with E-state index in [1.54, 1.807) is 12.1 Å². The van der Waals surface area contributed by atoms with Crippen molar-refractivity contribution in [2.24, 2.45) is 11.7 Å². The second-order valence-electron chi connectivity index (χ2n) is 6.14. The number of amides is 1. The SMILES string of the molecule is CCC(C)C(N)C(=O)N1CCN(Cc2cccc(F)c2)CC1. The van der Waals surface area contributed by atoms with Crippen LogP contribution in [-0.2, 0) is 11.3 Å². The molecule has 1 amide bonds. The van der Waals surface area contributed by atoms with Crippen LogP contribution < -0.4 is 5.73 Å². The van der Waals surface area contributed by atoms with Gasteiger partial charge in [-0.15, -0.1) is 0 Å². The van der Waals surface area contributed by atoms with Crippen LogP contribution in [0.2, 0.25) is 0 Å². The predicted octanol–water partition coefficient (Wildman–Crippen LogP) is 1.84. The summed E-state index contributed by atoms with van der Waals surface area (Å²) in [6.07, 6.45) is 0.909. The Morgan fingerprint density at radius 1 is 1.32 bits per heavy atom. The van der Waals surface area contributed by atoms with Crippen molar-refractivity contribution in [1.29, 1.82) is 0 Å². The van der Waals surface area contributed by atoms with Crippen molar-refractivity contribution in [3.8, 4) is 0 Å². The van der Waals surface area contributed by atoms with E-state index in [0.717, 1.165) is 31.6 Å². The number of halogens is 1. The van der Waals surface area contributed by atoms with E-state index >= 15 is 0 Å². The van der Waals surface area contributed by atoms with Gasteiger partial charge in [0.25, 0.3) is 0 Å². The van der Waals surface area contributed by atoms with Crippen molar-refractivity contribution in [3.05, 3.63) is 35.6 Å². The lowest BCUT2D eigenvalue weighted by Crippen LogP contribution is -2.54. The van der Waals surface area contributed by atoms with Gasteiger partial charge in [0.05, 0.1) is 6.04 Å². The smallest absolute Gasteiger partial charge is 0.239 e. The van der Waals surface area contributed by atoms with Gasteiger partial charge in [-0.3, -0.25) is 9.69 Å². The zero-order chi connectivity index (χ0) is 16.1. The third-order valence-electron chi connectivity index (χ3n) is 4.52. The highest BCUT2D eigenvalue weighted by atomic mass is 19.1. The first kappa shape index (κ1) is 16.9. The molecule has 0 spiro atoms. The lowest BCUT2D eigenvalue weighted by Gasteiger charge is -2.36. The first-order valence-corrected chi connectivity index (χ1v) is 8.02. The van der Waals surface area contributed by atoms with Crippen LogP contribution in [-0.4, -0.2) is 47.9 Å². The summed E-state index contributed by atoms with van der Waals surface area (Å²) in [7, 11) is 0. The van der Waals surface area contributed by atoms with Crippen LogP contribution in [0, 0.1) is 11.7 Å². The Morgan fingerprint density at radius 2 is 2.00 bits per heavy atom. The molecule has 4 nitrogen and oxygen atoms in total. The second-order valence-corrected chi connectivity index (χ2v) is 6.14. The highest BCUT2D eigenvalue weighted by Gasteiger charge is 2.27. The molecule has 1 saturated heterocycles. The summed E-state index contributed by atoms with van der Waals surface area (Å²) in [5.41, 5.74) is 7.00. The maximum Gasteiger partial charge on any atom is 0.239 e. The fraction of sp³-hybridized carbons (Fsp3) is 0.588. The molecule has 0 aliphatic carbocycles. The van der Waals surface area contributed by atoms with Crippen LogP contribution in [0.5, 0.6) is 0 Å². The second kappa shape index (κ2) is 7.70. The summed E-state index contributed by atoms with van der Waals surface area (Å²) in [5.74, 6) is 0.0587. The summed E-state index contributed by atoms with van der Waals surface area (Å²) in [6.45, 7) is 7.77. The molecule has 2 unspecified atom stereocenters. The van der Waals surface area contributed by atoms with Crippen molar-refractivity contribution in [3.63, 3.8) is 0 Å². The van der Waals surface area contributed by atoms with E-state index in [-0.39, 0.29) is 17.6 Å². The van der Waals surface area contributed by atoms with Gasteiger partial charge in [-0.1, -0.05) is 32.4 Å². The van der Waals surface area contributed by atoms with E-state index in [1.165, 1.54) is 6.07 Å². The summed E-state index contributed by atoms with van der Waals surface area (Å²) in [5, 5.41) is 0. The predicted molar refractivity (Wildman–Crippen MR) is 85.7 cm³/mol. The molecule has 1 heterocycles. The van der Waals surface area contributed by atoms with Crippen LogP contribution in [0.15, 0.2) is 24.3 Å². The van der Waals surface area contributed by atoms with Crippen molar-refractivity contribution < 1.29 is 9.18 Å². The molecule has 5 heteroatoms. The topological polar surface area (TPSA) is 49.6 Å². The van der Waals surface area contributed by atoms with Crippen LogP contribution in [0.3, 0.4) is 0 Å². The lowest BCUT2D eigenvalue weighted by molar-refractivity contribution is -0.135. The first-order chi connectivity index (χ1) is 10.5. The van der Waals surface area contributed by atoms with Crippen molar-refractivity contribution in [1.82, 2.24) is 9.80 Å². The van der Waals surface area contributed by atoms with Crippen molar-refractivity contribution >= 4 is 5.91 Å². The van der Waals surface area contributed by atoms with Crippen LogP contribution in [0.4, 0.5) is 4.39 Å². The Hall–Kier alpha value is -1.46. The molecule has 1 aromatic rings. The Morgan fingerprint density at radius 3 is 2.59 bits per heavy atom. The fourth-order valence-corrected chi connectivity index (χ4v) is 2.73. The summed E-state index contributed by atoms with van der Waals surface area (Å²) < 4.78 is 13.2. The molecule has 1 aromatic carbocycles. The number of hydrogen-bond donors (Lipinski definition) is 1. The molecule has 0 bridgehead atoms. The zero-order valence-electron chi connectivity index (χ0n) is 13.5. The molecule has 0 saturated carbocycles. The van der Waals surface area contributed by atoms with E-state index < -0.39 is 6.04 Å². The number of nitrogens with two attached hydrogens (primary N) is 1. The van der Waals surface area contributed by atoms with Gasteiger partial charge in [-0.2, -0.15) is 0 Å². The maximum absolute atomic E-state index is 13.2. The Bertz CT molecular complexity index is 500. The average Bonchev–Trinajstić information content (AvgIpc) is 2.53. The van der Waals surface area contributed by atoms with Gasteiger partial charge in [-0.25, -0.2) is 4.39 Å². The van der Waals surface area contributed by atoms with Crippen LogP contribution in [0.1, 0.15) is 25.8 Å². The van der Waals surface area contributed by atoms with Gasteiger partial charge in [0.15, 0.2) is 0 Å². The number of nitrogens with zero attached hydrogens (tertiary/aromatic N) is 2. The molecule has 1 aliphatic heterocycles. The molecule has 2 rings (SSSR count). The number of carbonyl (C=O) groups excluding carboxylic acids is 1. The molecular weight excluding hydrogens is 281 g/mol. The van der Waals surface area contributed by atoms with E-state index in [4.69, 9.17) is 5.73 Å². The normalized spacial score (nSPS) is 19.0. The Balaban J connectivity index is 1.84. The maximum atomic E-state index is 13.2. The highest BCUT2D eigenvalue weighted by molar-refractivity contribution is 5.82. The quantitative estimate of drug-likeness (QED) is 0.903. The minimum atomic E-state index is -0.403. The summed E-state index contributed by atoms with van der Waals surface area (Å²) in [6, 6.07) is 6.28. The Kier molecular flexibility index (Phi) is 5.91. The number of benzene rings is 1. The zero-order valence-corrected chi connectivity index (χ0v) is 13.5. The molecule has 122 valence electrons. The molecule has 0 aromatic heterocycles. The van der Waals surface area contributed by atoms with E-state index in [1.807, 2.05) is 17.9 Å². The minimum absolute atomic E-state index is 0.0553. The van der Waals surface area contributed by atoms with Crippen LogP contribution in [0.25, 0.3) is 0 Å². The monoisotopic (exact) mass is 307 g/mol. The van der Waals surface area contributed by atoms with Gasteiger partial charge >= 0.3 is 0 Å². The third kappa shape index (κ3) is 4.27. The molecule has 1 aliphatic rings. The summed E-state index contributed by atoms with van der Waals surface area (Å²) >= 11 is 0. The number of hydrogen-bond acceptors (Lipinski definition) is 3. The fourth-order valence-electron chi connectivity index (χ4n) is 2.73. The first-order valence-electron chi connectivity index (χ1n) is 8.02. The highest BCUT2D eigenvalue weighted by Crippen LogP contribution is 2.13. The molecule has 2 atom stereocenters. The van der Waals surface area contributed by atoms with Gasteiger partial charge in [0, 0.05) is 32.7 Å². The standard InChI is InChI=1S/C17H26FN3O/c1-3-13(2)16(19)17(22)21-9-7-20(8-10-21)12-14-5-4-6-15(18)11-14/h4-6,11,13,16H,3,7-10,12,19H2,1-2H3. The minimum Gasteiger partial charge on any atom is -0.339 e. The Labute approximate surface area is 132 Å². The lowest BCUT2D eigenvalue weighted by atomic mass is 9.98. The van der Waals surface area contributed by atoms with Gasteiger partial charge < -0.3 is 10.6 Å². The van der Waals surface area contributed by atoms with E-state index in [0.29, 0.717) is 13.1 Å². The third-order valence-corrected chi connectivity index (χ3v) is 4.52. The molecular formula is C17H26FN3O.